The van der Waals surface area contributed by atoms with Crippen molar-refractivity contribution in [3.05, 3.63) is 52.3 Å². The number of rotatable bonds is 7. The molecule has 2 heterocycles. The molecule has 0 radical (unpaired) electrons. The van der Waals surface area contributed by atoms with Gasteiger partial charge in [0, 0.05) is 29.1 Å². The molecular formula is C20H25ClN4O2. The van der Waals surface area contributed by atoms with Crippen LogP contribution < -0.4 is 0 Å². The maximum Gasteiger partial charge on any atom is 0.227 e. The van der Waals surface area contributed by atoms with Crippen molar-refractivity contribution < 1.29 is 9.21 Å². The van der Waals surface area contributed by atoms with Gasteiger partial charge in [-0.05, 0) is 45.6 Å². The molecule has 144 valence electrons. The van der Waals surface area contributed by atoms with E-state index in [1.165, 1.54) is 0 Å². The molecular weight excluding hydrogens is 364 g/mol. The third-order valence-electron chi connectivity index (χ3n) is 4.56. The molecule has 1 N–H and O–H groups in total. The van der Waals surface area contributed by atoms with Crippen LogP contribution in [-0.2, 0) is 17.8 Å². The normalized spacial score (nSPS) is 11.5. The summed E-state index contributed by atoms with van der Waals surface area (Å²) in [4.78, 5) is 24.4. The standard InChI is InChI=1S/C20H25ClN4O2/c1-13-7-19-17(9-18(13)21)15(12-27-19)8-20(26)25(6-5-24(3)4)11-16-10-22-14(2)23-16/h7,9-10,12H,5-6,8,11H2,1-4H3,(H,22,23). The maximum atomic E-state index is 13.0. The van der Waals surface area contributed by atoms with Gasteiger partial charge in [-0.15, -0.1) is 0 Å². The molecule has 1 aromatic carbocycles. The zero-order valence-electron chi connectivity index (χ0n) is 16.2. The number of likely N-dealkylation sites (N-methyl/N-ethyl adjacent to an activating group) is 1. The first-order chi connectivity index (χ1) is 12.8. The fourth-order valence-corrected chi connectivity index (χ4v) is 3.15. The van der Waals surface area contributed by atoms with Gasteiger partial charge in [0.25, 0.3) is 0 Å². The Kier molecular flexibility index (Phi) is 5.87. The molecule has 0 saturated heterocycles. The molecule has 1 amide bonds. The summed E-state index contributed by atoms with van der Waals surface area (Å²) in [5.41, 5.74) is 3.49. The molecule has 0 atom stereocenters. The minimum Gasteiger partial charge on any atom is -0.464 e. The Morgan fingerprint density at radius 3 is 2.70 bits per heavy atom. The van der Waals surface area contributed by atoms with Crippen LogP contribution in [0.15, 0.2) is 29.0 Å². The lowest BCUT2D eigenvalue weighted by Crippen LogP contribution is -2.37. The van der Waals surface area contributed by atoms with Gasteiger partial charge in [0.2, 0.25) is 5.91 Å². The second kappa shape index (κ2) is 8.15. The van der Waals surface area contributed by atoms with E-state index in [-0.39, 0.29) is 12.3 Å². The molecule has 3 aromatic rings. The summed E-state index contributed by atoms with van der Waals surface area (Å²) in [6.07, 6.45) is 3.71. The van der Waals surface area contributed by atoms with E-state index in [4.69, 9.17) is 16.0 Å². The molecule has 27 heavy (non-hydrogen) atoms. The number of fused-ring (bicyclic) bond motifs is 1. The minimum atomic E-state index is 0.0449. The lowest BCUT2D eigenvalue weighted by Gasteiger charge is -2.24. The lowest BCUT2D eigenvalue weighted by molar-refractivity contribution is -0.131. The fraction of sp³-hybridized carbons (Fsp3) is 0.400. The van der Waals surface area contributed by atoms with Crippen molar-refractivity contribution in [3.63, 3.8) is 0 Å². The van der Waals surface area contributed by atoms with Gasteiger partial charge in [0.05, 0.1) is 31.1 Å². The van der Waals surface area contributed by atoms with Crippen molar-refractivity contribution in [2.45, 2.75) is 26.8 Å². The Hall–Kier alpha value is -2.31. The summed E-state index contributed by atoms with van der Waals surface area (Å²) in [6.45, 7) is 5.77. The topological polar surface area (TPSA) is 65.4 Å². The Balaban J connectivity index is 1.80. The number of aryl methyl sites for hydroxylation is 2. The predicted octanol–water partition coefficient (Wildman–Crippen LogP) is 3.56. The highest BCUT2D eigenvalue weighted by atomic mass is 35.5. The van der Waals surface area contributed by atoms with Crippen molar-refractivity contribution in [1.82, 2.24) is 19.8 Å². The van der Waals surface area contributed by atoms with Crippen LogP contribution in [0.3, 0.4) is 0 Å². The average molecular weight is 389 g/mol. The van der Waals surface area contributed by atoms with E-state index in [0.29, 0.717) is 18.1 Å². The van der Waals surface area contributed by atoms with Crippen LogP contribution in [0.1, 0.15) is 22.6 Å². The van der Waals surface area contributed by atoms with Gasteiger partial charge in [-0.3, -0.25) is 4.79 Å². The van der Waals surface area contributed by atoms with Gasteiger partial charge in [-0.25, -0.2) is 4.98 Å². The molecule has 0 bridgehead atoms. The first kappa shape index (κ1) is 19.5. The van der Waals surface area contributed by atoms with Gasteiger partial charge >= 0.3 is 0 Å². The molecule has 2 aromatic heterocycles. The third kappa shape index (κ3) is 4.70. The molecule has 0 fully saturated rings. The van der Waals surface area contributed by atoms with Crippen molar-refractivity contribution in [1.29, 1.82) is 0 Å². The van der Waals surface area contributed by atoms with Crippen molar-refractivity contribution in [2.75, 3.05) is 27.2 Å². The van der Waals surface area contributed by atoms with Gasteiger partial charge in [0.15, 0.2) is 0 Å². The van der Waals surface area contributed by atoms with E-state index in [1.54, 1.807) is 12.5 Å². The number of aromatic amines is 1. The van der Waals surface area contributed by atoms with Crippen LogP contribution in [0.25, 0.3) is 11.0 Å². The first-order valence-corrected chi connectivity index (χ1v) is 9.30. The van der Waals surface area contributed by atoms with Crippen LogP contribution in [0, 0.1) is 13.8 Å². The number of hydrogen-bond acceptors (Lipinski definition) is 4. The number of imidazole rings is 1. The molecule has 0 unspecified atom stereocenters. The number of nitrogens with zero attached hydrogens (tertiary/aromatic N) is 3. The summed E-state index contributed by atoms with van der Waals surface area (Å²) in [6, 6.07) is 3.78. The van der Waals surface area contributed by atoms with Crippen LogP contribution in [0.2, 0.25) is 5.02 Å². The number of halogens is 1. The zero-order valence-corrected chi connectivity index (χ0v) is 16.9. The zero-order chi connectivity index (χ0) is 19.6. The number of carbonyl (C=O) groups excluding carboxylic acids is 1. The minimum absolute atomic E-state index is 0.0449. The highest BCUT2D eigenvalue weighted by Crippen LogP contribution is 2.28. The van der Waals surface area contributed by atoms with Gasteiger partial charge in [-0.1, -0.05) is 11.6 Å². The third-order valence-corrected chi connectivity index (χ3v) is 4.97. The quantitative estimate of drug-likeness (QED) is 0.672. The molecule has 0 aliphatic rings. The lowest BCUT2D eigenvalue weighted by atomic mass is 10.1. The Bertz CT molecular complexity index is 945. The van der Waals surface area contributed by atoms with Crippen LogP contribution in [-0.4, -0.2) is 52.9 Å². The molecule has 6 nitrogen and oxygen atoms in total. The molecule has 0 saturated carbocycles. The monoisotopic (exact) mass is 388 g/mol. The highest BCUT2D eigenvalue weighted by molar-refractivity contribution is 6.32. The summed E-state index contributed by atoms with van der Waals surface area (Å²) in [7, 11) is 3.99. The predicted molar refractivity (Wildman–Crippen MR) is 107 cm³/mol. The van der Waals surface area contributed by atoms with E-state index in [2.05, 4.69) is 14.9 Å². The molecule has 0 aliphatic carbocycles. The number of nitrogens with one attached hydrogen (secondary N) is 1. The number of benzene rings is 1. The number of carbonyl (C=O) groups is 1. The summed E-state index contributed by atoms with van der Waals surface area (Å²) in [5.74, 6) is 0.888. The van der Waals surface area contributed by atoms with Crippen LogP contribution >= 0.6 is 11.6 Å². The number of amides is 1. The average Bonchev–Trinajstić information content (AvgIpc) is 3.18. The SMILES string of the molecule is Cc1ncc(CN(CCN(C)C)C(=O)Cc2coc3cc(C)c(Cl)cc23)[nH]1. The fourth-order valence-electron chi connectivity index (χ4n) is 2.98. The van der Waals surface area contributed by atoms with Gasteiger partial charge in [0.1, 0.15) is 11.4 Å². The largest absolute Gasteiger partial charge is 0.464 e. The van der Waals surface area contributed by atoms with Crippen molar-refractivity contribution in [2.24, 2.45) is 0 Å². The number of hydrogen-bond donors (Lipinski definition) is 1. The van der Waals surface area contributed by atoms with Crippen LogP contribution in [0.4, 0.5) is 0 Å². The van der Waals surface area contributed by atoms with E-state index in [1.807, 2.05) is 45.0 Å². The van der Waals surface area contributed by atoms with Crippen LogP contribution in [0.5, 0.6) is 0 Å². The second-order valence-corrected chi connectivity index (χ2v) is 7.55. The van der Waals surface area contributed by atoms with Crippen molar-refractivity contribution >= 4 is 28.5 Å². The smallest absolute Gasteiger partial charge is 0.227 e. The first-order valence-electron chi connectivity index (χ1n) is 8.92. The molecule has 0 spiro atoms. The van der Waals surface area contributed by atoms with E-state index in [0.717, 1.165) is 40.2 Å². The van der Waals surface area contributed by atoms with Gasteiger partial charge < -0.3 is 19.2 Å². The van der Waals surface area contributed by atoms with E-state index < -0.39 is 0 Å². The Labute approximate surface area is 164 Å². The van der Waals surface area contributed by atoms with E-state index in [9.17, 15) is 4.79 Å². The number of aromatic nitrogens is 2. The molecule has 7 heteroatoms. The summed E-state index contributed by atoms with van der Waals surface area (Å²) in [5, 5.41) is 1.57. The summed E-state index contributed by atoms with van der Waals surface area (Å²) >= 11 is 6.26. The van der Waals surface area contributed by atoms with Gasteiger partial charge in [-0.2, -0.15) is 0 Å². The van der Waals surface area contributed by atoms with E-state index >= 15 is 0 Å². The number of H-pyrrole nitrogens is 1. The number of furan rings is 1. The van der Waals surface area contributed by atoms with Crippen molar-refractivity contribution in [3.8, 4) is 0 Å². The Morgan fingerprint density at radius 2 is 2.04 bits per heavy atom. The molecule has 3 rings (SSSR count). The molecule has 0 aliphatic heterocycles. The highest BCUT2D eigenvalue weighted by Gasteiger charge is 2.19. The second-order valence-electron chi connectivity index (χ2n) is 7.15. The maximum absolute atomic E-state index is 13.0. The Morgan fingerprint density at radius 1 is 1.26 bits per heavy atom. The summed E-state index contributed by atoms with van der Waals surface area (Å²) < 4.78 is 5.63.